The van der Waals surface area contributed by atoms with E-state index in [2.05, 4.69) is 17.4 Å². The molecular weight excluding hydrogens is 484 g/mol. The summed E-state index contributed by atoms with van der Waals surface area (Å²) in [6.07, 6.45) is 2.29. The number of carboxylic acid groups (broad SMARTS) is 1. The molecule has 2 unspecified atom stereocenters. The summed E-state index contributed by atoms with van der Waals surface area (Å²) in [6.45, 7) is 2.08. The monoisotopic (exact) mass is 514 g/mol. The number of benzene rings is 2. The van der Waals surface area contributed by atoms with E-state index in [1.807, 2.05) is 49.6 Å². The maximum absolute atomic E-state index is 13.4. The van der Waals surface area contributed by atoms with Gasteiger partial charge in [0.2, 0.25) is 5.91 Å². The van der Waals surface area contributed by atoms with Crippen LogP contribution >= 0.6 is 23.5 Å². The summed E-state index contributed by atoms with van der Waals surface area (Å²) in [6, 6.07) is 14.5. The molecule has 186 valence electrons. The van der Waals surface area contributed by atoms with Crippen LogP contribution in [0.15, 0.2) is 48.5 Å². The minimum Gasteiger partial charge on any atom is -0.480 e. The Balaban J connectivity index is 1.46. The third kappa shape index (κ3) is 5.30. The van der Waals surface area contributed by atoms with Crippen molar-refractivity contribution in [2.75, 3.05) is 24.4 Å². The minimum absolute atomic E-state index is 0.0793. The van der Waals surface area contributed by atoms with Gasteiger partial charge in [0, 0.05) is 11.7 Å². The van der Waals surface area contributed by atoms with Crippen LogP contribution in [0, 0.1) is 0 Å². The number of fused-ring (bicyclic) bond motifs is 3. The molecule has 2 amide bonds. The average molecular weight is 515 g/mol. The highest BCUT2D eigenvalue weighted by atomic mass is 32.2. The molecule has 0 saturated carbocycles. The summed E-state index contributed by atoms with van der Waals surface area (Å²) in [5.41, 5.74) is 4.50. The van der Waals surface area contributed by atoms with Crippen LogP contribution in [0.2, 0.25) is 0 Å². The van der Waals surface area contributed by atoms with Gasteiger partial charge in [-0.3, -0.25) is 4.79 Å². The number of carboxylic acids is 1. The highest BCUT2D eigenvalue weighted by Gasteiger charge is 2.43. The molecule has 0 spiro atoms. The summed E-state index contributed by atoms with van der Waals surface area (Å²) < 4.78 is 5.64. The molecule has 1 heterocycles. The lowest BCUT2D eigenvalue weighted by Gasteiger charge is -2.30. The number of amides is 2. The number of thioether (sulfide) groups is 2. The van der Waals surface area contributed by atoms with Crippen LogP contribution < -0.4 is 5.32 Å². The van der Waals surface area contributed by atoms with Gasteiger partial charge in [-0.25, -0.2) is 9.59 Å². The predicted octanol–water partition coefficient (Wildman–Crippen LogP) is 4.41. The largest absolute Gasteiger partial charge is 0.480 e. The first-order chi connectivity index (χ1) is 17.0. The topological polar surface area (TPSA) is 95.9 Å². The van der Waals surface area contributed by atoms with Gasteiger partial charge in [0.25, 0.3) is 0 Å². The van der Waals surface area contributed by atoms with Gasteiger partial charge in [-0.2, -0.15) is 11.8 Å². The van der Waals surface area contributed by atoms with E-state index in [4.69, 9.17) is 4.74 Å². The number of alkyl carbamates (subject to hydrolysis) is 1. The summed E-state index contributed by atoms with van der Waals surface area (Å²) in [5, 5.41) is 12.1. The third-order valence-corrected chi connectivity index (χ3v) is 8.62. The third-order valence-electron chi connectivity index (χ3n) is 6.53. The molecule has 1 fully saturated rings. The van der Waals surface area contributed by atoms with Crippen molar-refractivity contribution < 1.29 is 24.2 Å². The molecule has 2 N–H and O–H groups in total. The number of carbonyl (C=O) groups excluding carboxylic acids is 2. The zero-order chi connectivity index (χ0) is 24.9. The van der Waals surface area contributed by atoms with Gasteiger partial charge in [-0.15, -0.1) is 11.8 Å². The lowest BCUT2D eigenvalue weighted by Crippen LogP contribution is -2.54. The number of hydrogen-bond acceptors (Lipinski definition) is 6. The number of nitrogens with one attached hydrogen (secondary N) is 1. The summed E-state index contributed by atoms with van der Waals surface area (Å²) in [7, 11) is 0. The fourth-order valence-electron chi connectivity index (χ4n) is 4.82. The van der Waals surface area contributed by atoms with Crippen LogP contribution in [-0.2, 0) is 14.3 Å². The van der Waals surface area contributed by atoms with Crippen molar-refractivity contribution >= 4 is 41.5 Å². The van der Waals surface area contributed by atoms with Gasteiger partial charge < -0.3 is 20.1 Å². The molecular formula is C26H30N2O5S2. The van der Waals surface area contributed by atoms with Gasteiger partial charge in [0.05, 0.1) is 5.37 Å². The maximum atomic E-state index is 13.4. The van der Waals surface area contributed by atoms with Crippen molar-refractivity contribution in [2.45, 2.75) is 43.1 Å². The Hall–Kier alpha value is -2.65. The predicted molar refractivity (Wildman–Crippen MR) is 140 cm³/mol. The summed E-state index contributed by atoms with van der Waals surface area (Å²) in [4.78, 5) is 39.5. The summed E-state index contributed by atoms with van der Waals surface area (Å²) in [5.74, 6) is -0.470. The van der Waals surface area contributed by atoms with E-state index in [9.17, 15) is 19.5 Å². The molecule has 1 aliphatic carbocycles. The lowest BCUT2D eigenvalue weighted by atomic mass is 9.98. The van der Waals surface area contributed by atoms with Crippen LogP contribution in [0.3, 0.4) is 0 Å². The molecule has 7 nitrogen and oxygen atoms in total. The fourth-order valence-corrected chi connectivity index (χ4v) is 6.65. The molecule has 2 aliphatic rings. The van der Waals surface area contributed by atoms with Gasteiger partial charge in [0.15, 0.2) is 0 Å². The number of ether oxygens (including phenoxy) is 1. The first kappa shape index (κ1) is 25.4. The first-order valence-electron chi connectivity index (χ1n) is 11.7. The molecule has 35 heavy (non-hydrogen) atoms. The molecule has 4 rings (SSSR count). The molecule has 1 aliphatic heterocycles. The number of aliphatic carboxylic acids is 1. The Kier molecular flexibility index (Phi) is 8.28. The van der Waals surface area contributed by atoms with Crippen molar-refractivity contribution in [3.05, 3.63) is 59.7 Å². The highest BCUT2D eigenvalue weighted by Crippen LogP contribution is 2.44. The Morgan fingerprint density at radius 1 is 1.14 bits per heavy atom. The quantitative estimate of drug-likeness (QED) is 0.512. The second kappa shape index (κ2) is 11.4. The van der Waals surface area contributed by atoms with Crippen molar-refractivity contribution in [1.82, 2.24) is 10.2 Å². The lowest BCUT2D eigenvalue weighted by molar-refractivity contribution is -0.150. The smallest absolute Gasteiger partial charge is 0.407 e. The molecule has 0 radical (unpaired) electrons. The van der Waals surface area contributed by atoms with Gasteiger partial charge in [0.1, 0.15) is 18.7 Å². The fraction of sp³-hybridized carbons (Fsp3) is 0.423. The van der Waals surface area contributed by atoms with Crippen molar-refractivity contribution in [2.24, 2.45) is 0 Å². The number of carbonyl (C=O) groups is 3. The second-order valence-corrected chi connectivity index (χ2v) is 10.8. The van der Waals surface area contributed by atoms with E-state index in [1.54, 1.807) is 11.8 Å². The molecule has 2 aromatic rings. The normalized spacial score (nSPS) is 19.7. The highest BCUT2D eigenvalue weighted by molar-refractivity contribution is 8.00. The van der Waals surface area contributed by atoms with Crippen LogP contribution in [0.25, 0.3) is 11.1 Å². The zero-order valence-electron chi connectivity index (χ0n) is 19.8. The second-order valence-electron chi connectivity index (χ2n) is 8.60. The molecule has 3 atom stereocenters. The van der Waals surface area contributed by atoms with Crippen molar-refractivity contribution in [3.8, 4) is 11.1 Å². The van der Waals surface area contributed by atoms with E-state index in [0.29, 0.717) is 24.3 Å². The molecule has 2 aromatic carbocycles. The number of nitrogens with zero attached hydrogens (tertiary/aromatic N) is 1. The SMILES string of the molecule is CCC1SCC(C(=O)O)N1C(=O)[C@@H](CCSC)NC(=O)OCC1c2ccccc2-c2ccccc21. The molecule has 0 bridgehead atoms. The van der Waals surface area contributed by atoms with Crippen LogP contribution in [0.5, 0.6) is 0 Å². The van der Waals surface area contributed by atoms with Crippen molar-refractivity contribution in [3.63, 3.8) is 0 Å². The number of rotatable bonds is 9. The average Bonchev–Trinajstić information content (AvgIpc) is 3.44. The van der Waals surface area contributed by atoms with E-state index >= 15 is 0 Å². The van der Waals surface area contributed by atoms with Crippen LogP contribution in [-0.4, -0.2) is 69.8 Å². The van der Waals surface area contributed by atoms with Crippen LogP contribution in [0.4, 0.5) is 4.79 Å². The molecule has 1 saturated heterocycles. The van der Waals surface area contributed by atoms with Gasteiger partial charge in [-0.1, -0.05) is 55.5 Å². The Labute approximate surface area is 214 Å². The maximum Gasteiger partial charge on any atom is 0.407 e. The Morgan fingerprint density at radius 3 is 2.34 bits per heavy atom. The Morgan fingerprint density at radius 2 is 1.77 bits per heavy atom. The summed E-state index contributed by atoms with van der Waals surface area (Å²) >= 11 is 3.03. The van der Waals surface area contributed by atoms with Crippen LogP contribution in [0.1, 0.15) is 36.8 Å². The number of hydrogen-bond donors (Lipinski definition) is 2. The van der Waals surface area contributed by atoms with E-state index in [0.717, 1.165) is 22.3 Å². The van der Waals surface area contributed by atoms with E-state index in [1.165, 1.54) is 16.7 Å². The van der Waals surface area contributed by atoms with Gasteiger partial charge in [-0.05, 0) is 47.1 Å². The standard InChI is InChI=1S/C26H30N2O5S2/c1-3-23-28(22(15-35-23)25(30)31)24(29)21(12-13-34-2)27-26(32)33-14-20-18-10-6-4-8-16(18)17-9-5-7-11-19(17)20/h4-11,20-23H,3,12-15H2,1-2H3,(H,27,32)(H,30,31)/t21-,22?,23?/m1/s1. The van der Waals surface area contributed by atoms with Crippen molar-refractivity contribution in [1.29, 1.82) is 0 Å². The van der Waals surface area contributed by atoms with E-state index in [-0.39, 0.29) is 23.8 Å². The van der Waals surface area contributed by atoms with E-state index < -0.39 is 24.1 Å². The first-order valence-corrected chi connectivity index (χ1v) is 14.2. The molecule has 0 aromatic heterocycles. The molecule has 9 heteroatoms. The zero-order valence-corrected chi connectivity index (χ0v) is 21.4. The Bertz CT molecular complexity index is 1050. The van der Waals surface area contributed by atoms with Gasteiger partial charge >= 0.3 is 12.1 Å². The minimum atomic E-state index is -1.02.